The molecule has 2 aromatic rings. The fraction of sp³-hybridized carbons (Fsp3) is 0.529. The van der Waals surface area contributed by atoms with Gasteiger partial charge in [-0.1, -0.05) is 0 Å². The van der Waals surface area contributed by atoms with Crippen LogP contribution in [-0.2, 0) is 4.74 Å². The van der Waals surface area contributed by atoms with Gasteiger partial charge in [0.15, 0.2) is 0 Å². The summed E-state index contributed by atoms with van der Waals surface area (Å²) in [5.41, 5.74) is 0.595. The average molecular weight is 427 g/mol. The zero-order chi connectivity index (χ0) is 16.6. The van der Waals surface area contributed by atoms with E-state index in [4.69, 9.17) is 4.74 Å². The van der Waals surface area contributed by atoms with Crippen LogP contribution in [0.4, 0.5) is 4.79 Å². The third kappa shape index (κ3) is 3.62. The van der Waals surface area contributed by atoms with E-state index in [9.17, 15) is 4.79 Å². The first-order chi connectivity index (χ1) is 10.8. The van der Waals surface area contributed by atoms with Gasteiger partial charge in [0.05, 0.1) is 0 Å². The lowest BCUT2D eigenvalue weighted by atomic mass is 10.1. The largest absolute Gasteiger partial charge is 0.444 e. The summed E-state index contributed by atoms with van der Waals surface area (Å²) in [6.45, 7) is 7.15. The molecule has 0 bridgehead atoms. The van der Waals surface area contributed by atoms with Crippen LogP contribution in [0.2, 0.25) is 0 Å². The van der Waals surface area contributed by atoms with E-state index in [0.717, 1.165) is 31.6 Å². The van der Waals surface area contributed by atoms with Crippen LogP contribution < -0.4 is 0 Å². The molecule has 1 saturated heterocycles. The van der Waals surface area contributed by atoms with E-state index >= 15 is 0 Å². The Morgan fingerprint density at radius 3 is 2.70 bits per heavy atom. The molecule has 0 spiro atoms. The number of likely N-dealkylation sites (tertiary alicyclic amines) is 1. The van der Waals surface area contributed by atoms with Crippen molar-refractivity contribution in [2.24, 2.45) is 0 Å². The van der Waals surface area contributed by atoms with Gasteiger partial charge in [-0.15, -0.1) is 0 Å². The number of piperidine rings is 1. The molecule has 3 heterocycles. The van der Waals surface area contributed by atoms with Crippen LogP contribution in [-0.4, -0.2) is 39.2 Å². The smallest absolute Gasteiger partial charge is 0.410 e. The summed E-state index contributed by atoms with van der Waals surface area (Å²) in [7, 11) is 0. The van der Waals surface area contributed by atoms with Gasteiger partial charge in [-0.3, -0.25) is 0 Å². The van der Waals surface area contributed by atoms with Crippen LogP contribution in [0.3, 0.4) is 0 Å². The molecule has 124 valence electrons. The summed E-state index contributed by atoms with van der Waals surface area (Å²) < 4.78 is 8.95. The first-order valence-corrected chi connectivity index (χ1v) is 9.02. The zero-order valence-electron chi connectivity index (χ0n) is 13.8. The maximum absolute atomic E-state index is 12.2. The fourth-order valence-corrected chi connectivity index (χ4v) is 3.69. The quantitative estimate of drug-likeness (QED) is 0.641. The van der Waals surface area contributed by atoms with Gasteiger partial charge in [0.1, 0.15) is 11.2 Å². The number of nitrogens with zero attached hydrogens (tertiary/aromatic N) is 3. The molecule has 1 aliphatic rings. The molecule has 0 N–H and O–H groups in total. The molecule has 6 heteroatoms. The van der Waals surface area contributed by atoms with Gasteiger partial charge in [0.25, 0.3) is 0 Å². The molecule has 0 unspecified atom stereocenters. The molecule has 0 saturated carbocycles. The second kappa shape index (κ2) is 6.30. The summed E-state index contributed by atoms with van der Waals surface area (Å²) in [4.78, 5) is 18.5. The van der Waals surface area contributed by atoms with Crippen molar-refractivity contribution < 1.29 is 9.53 Å². The Morgan fingerprint density at radius 2 is 2.04 bits per heavy atom. The molecule has 0 radical (unpaired) electrons. The van der Waals surface area contributed by atoms with Crippen molar-refractivity contribution in [1.82, 2.24) is 14.5 Å². The number of carbonyl (C=O) groups is 1. The number of ether oxygens (including phenoxy) is 1. The van der Waals surface area contributed by atoms with Gasteiger partial charge in [-0.05, 0) is 68.3 Å². The van der Waals surface area contributed by atoms with E-state index < -0.39 is 5.60 Å². The third-order valence-corrected chi connectivity index (χ3v) is 4.91. The summed E-state index contributed by atoms with van der Waals surface area (Å²) in [5.74, 6) is 0. The van der Waals surface area contributed by atoms with E-state index in [-0.39, 0.29) is 6.09 Å². The minimum atomic E-state index is -0.440. The lowest BCUT2D eigenvalue weighted by molar-refractivity contribution is 0.0189. The SMILES string of the molecule is CC(C)(C)OC(=O)N1CCC(n2cc(I)c3cccnc32)CC1. The molecular weight excluding hydrogens is 405 g/mol. The summed E-state index contributed by atoms with van der Waals surface area (Å²) >= 11 is 2.36. The lowest BCUT2D eigenvalue weighted by Crippen LogP contribution is -2.42. The Bertz CT molecular complexity index is 712. The van der Waals surface area contributed by atoms with Crippen molar-refractivity contribution in [1.29, 1.82) is 0 Å². The number of amides is 1. The third-order valence-electron chi connectivity index (χ3n) is 4.05. The number of rotatable bonds is 1. The molecular formula is C17H22IN3O2. The topological polar surface area (TPSA) is 47.4 Å². The van der Waals surface area contributed by atoms with Gasteiger partial charge in [-0.25, -0.2) is 9.78 Å². The highest BCUT2D eigenvalue weighted by atomic mass is 127. The van der Waals surface area contributed by atoms with Gasteiger partial charge in [0, 0.05) is 40.5 Å². The van der Waals surface area contributed by atoms with Crippen molar-refractivity contribution in [2.45, 2.75) is 45.3 Å². The van der Waals surface area contributed by atoms with Gasteiger partial charge >= 0.3 is 6.09 Å². The molecule has 2 aromatic heterocycles. The minimum absolute atomic E-state index is 0.207. The highest BCUT2D eigenvalue weighted by Gasteiger charge is 2.28. The first kappa shape index (κ1) is 16.5. The van der Waals surface area contributed by atoms with Gasteiger partial charge < -0.3 is 14.2 Å². The first-order valence-electron chi connectivity index (χ1n) is 7.94. The molecule has 0 aliphatic carbocycles. The van der Waals surface area contributed by atoms with Crippen molar-refractivity contribution in [3.8, 4) is 0 Å². The summed E-state index contributed by atoms with van der Waals surface area (Å²) in [5, 5.41) is 1.20. The Hall–Kier alpha value is -1.31. The Balaban J connectivity index is 1.70. The van der Waals surface area contributed by atoms with Gasteiger partial charge in [-0.2, -0.15) is 0 Å². The van der Waals surface area contributed by atoms with Crippen molar-refractivity contribution in [2.75, 3.05) is 13.1 Å². The van der Waals surface area contributed by atoms with Crippen LogP contribution in [0.25, 0.3) is 11.0 Å². The van der Waals surface area contributed by atoms with Crippen molar-refractivity contribution in [3.05, 3.63) is 28.1 Å². The van der Waals surface area contributed by atoms with Crippen LogP contribution >= 0.6 is 22.6 Å². The summed E-state index contributed by atoms with van der Waals surface area (Å²) in [6, 6.07) is 4.46. The molecule has 3 rings (SSSR count). The summed E-state index contributed by atoms with van der Waals surface area (Å²) in [6.07, 6.45) is 5.66. The molecule has 5 nitrogen and oxygen atoms in total. The average Bonchev–Trinajstić information content (AvgIpc) is 2.83. The maximum atomic E-state index is 12.2. The minimum Gasteiger partial charge on any atom is -0.444 e. The number of carbonyl (C=O) groups excluding carboxylic acids is 1. The molecule has 23 heavy (non-hydrogen) atoms. The van der Waals surface area contributed by atoms with Gasteiger partial charge in [0.2, 0.25) is 0 Å². The zero-order valence-corrected chi connectivity index (χ0v) is 15.9. The number of fused-ring (bicyclic) bond motifs is 1. The second-order valence-corrected chi connectivity index (χ2v) is 8.12. The normalized spacial score (nSPS) is 16.8. The number of hydrogen-bond donors (Lipinski definition) is 0. The predicted octanol–water partition coefficient (Wildman–Crippen LogP) is 4.21. The van der Waals surface area contributed by atoms with Crippen LogP contribution in [0.15, 0.2) is 24.5 Å². The Kier molecular flexibility index (Phi) is 4.53. The highest BCUT2D eigenvalue weighted by Crippen LogP contribution is 2.30. The van der Waals surface area contributed by atoms with E-state index in [2.05, 4.69) is 44.4 Å². The second-order valence-electron chi connectivity index (χ2n) is 6.96. The molecule has 1 aliphatic heterocycles. The maximum Gasteiger partial charge on any atom is 0.410 e. The Labute approximate surface area is 150 Å². The molecule has 0 atom stereocenters. The number of hydrogen-bond acceptors (Lipinski definition) is 3. The highest BCUT2D eigenvalue weighted by molar-refractivity contribution is 14.1. The van der Waals surface area contributed by atoms with Crippen LogP contribution in [0, 0.1) is 3.57 Å². The number of halogens is 1. The molecule has 0 aromatic carbocycles. The molecule has 1 amide bonds. The van der Waals surface area contributed by atoms with Crippen molar-refractivity contribution in [3.63, 3.8) is 0 Å². The van der Waals surface area contributed by atoms with E-state index in [1.165, 1.54) is 8.96 Å². The predicted molar refractivity (Wildman–Crippen MR) is 98.5 cm³/mol. The standard InChI is InChI=1S/C17H22IN3O2/c1-17(2,3)23-16(22)20-9-6-12(7-10-20)21-11-14(18)13-5-4-8-19-15(13)21/h4-5,8,11-12H,6-7,9-10H2,1-3H3. The van der Waals surface area contributed by atoms with E-state index in [1.807, 2.05) is 37.9 Å². The van der Waals surface area contributed by atoms with E-state index in [1.54, 1.807) is 0 Å². The van der Waals surface area contributed by atoms with Crippen LogP contribution in [0.5, 0.6) is 0 Å². The van der Waals surface area contributed by atoms with Crippen molar-refractivity contribution >= 4 is 39.7 Å². The molecule has 1 fully saturated rings. The monoisotopic (exact) mass is 427 g/mol. The Morgan fingerprint density at radius 1 is 1.35 bits per heavy atom. The lowest BCUT2D eigenvalue weighted by Gasteiger charge is -2.34. The fourth-order valence-electron chi connectivity index (χ4n) is 2.97. The number of aromatic nitrogens is 2. The van der Waals surface area contributed by atoms with E-state index in [0.29, 0.717) is 6.04 Å². The van der Waals surface area contributed by atoms with Crippen LogP contribution in [0.1, 0.15) is 39.7 Å². The number of pyridine rings is 1.